The summed E-state index contributed by atoms with van der Waals surface area (Å²) >= 11 is 0. The number of aryl methyl sites for hydroxylation is 1. The third-order valence-corrected chi connectivity index (χ3v) is 12.7. The normalized spacial score (nSPS) is 23.2. The first kappa shape index (κ1) is 39.7. The van der Waals surface area contributed by atoms with Crippen LogP contribution in [0.5, 0.6) is 0 Å². The maximum absolute atomic E-state index is 16.1. The number of nitrogens with zero attached hydrogens (tertiary/aromatic N) is 8. The lowest BCUT2D eigenvalue weighted by molar-refractivity contribution is -0.181. The molecule has 60 heavy (non-hydrogen) atoms. The first-order valence-corrected chi connectivity index (χ1v) is 19.8. The van der Waals surface area contributed by atoms with Crippen LogP contribution in [0.25, 0.3) is 21.9 Å². The molecule has 1 spiro atoms. The van der Waals surface area contributed by atoms with Crippen LogP contribution in [0.1, 0.15) is 73.2 Å². The molecule has 4 fully saturated rings. The number of fused-ring (bicyclic) bond motifs is 2. The number of piperidine rings is 2. The van der Waals surface area contributed by atoms with Crippen LogP contribution in [-0.2, 0) is 22.8 Å². The number of likely N-dealkylation sites (tertiary alicyclic amines) is 1. The van der Waals surface area contributed by atoms with Crippen molar-refractivity contribution in [2.45, 2.75) is 69.1 Å². The number of carbonyl (C=O) groups excluding carboxylic acids is 3. The van der Waals surface area contributed by atoms with Gasteiger partial charge < -0.3 is 10.2 Å². The van der Waals surface area contributed by atoms with Crippen LogP contribution >= 0.6 is 0 Å². The van der Waals surface area contributed by atoms with E-state index in [2.05, 4.69) is 25.7 Å². The van der Waals surface area contributed by atoms with Crippen molar-refractivity contribution in [3.63, 3.8) is 0 Å². The Balaban J connectivity index is 0.791. The van der Waals surface area contributed by atoms with E-state index in [-0.39, 0.29) is 66.9 Å². The number of imide groups is 1. The van der Waals surface area contributed by atoms with Crippen molar-refractivity contribution < 1.29 is 40.7 Å². The first-order valence-electron chi connectivity index (χ1n) is 19.8. The minimum Gasteiger partial charge on any atom is -0.367 e. The summed E-state index contributed by atoms with van der Waals surface area (Å²) in [6.07, 6.45) is 2.16. The largest absolute Gasteiger partial charge is 0.433 e. The van der Waals surface area contributed by atoms with E-state index in [4.69, 9.17) is 0 Å². The second-order valence-corrected chi connectivity index (χ2v) is 16.5. The number of hydrogen-bond donors (Lipinski definition) is 2. The number of benzene rings is 1. The van der Waals surface area contributed by atoms with Crippen molar-refractivity contribution in [3.8, 4) is 0 Å². The average Bonchev–Trinajstić information content (AvgIpc) is 3.72. The number of anilines is 2. The summed E-state index contributed by atoms with van der Waals surface area (Å²) in [5, 5.41) is 10.0. The number of rotatable bonds is 7. The zero-order valence-corrected chi connectivity index (χ0v) is 32.3. The van der Waals surface area contributed by atoms with Crippen molar-refractivity contribution >= 4 is 51.2 Å². The fourth-order valence-electron chi connectivity index (χ4n) is 9.43. The zero-order valence-electron chi connectivity index (χ0n) is 32.3. The molecule has 9 rings (SSSR count). The Bertz CT molecular complexity index is 2610. The smallest absolute Gasteiger partial charge is 0.367 e. The van der Waals surface area contributed by atoms with Gasteiger partial charge in [-0.3, -0.25) is 38.4 Å². The standard InChI is InChI=1S/C40H40F6N10O4/c1-52-34-28(56(37(52)60)29-11-12-32(57)50-36(29)59)10-9-27(33(34)41)54-19-38(20-54)13-14-53(21-39(38,42)43)17-22-5-7-24(8-6-22)55-18-23-15-31(47-16-26(23)51-55)49-35(58)25-3-2-4-30(48-25)40(44,45)46/h2-4,9-10,15-16,18,22,24,29H,5-8,11-14,17,19-21H2,1H3,(H,49,58)(H,50,57,59). The van der Waals surface area contributed by atoms with Crippen molar-refractivity contribution in [2.24, 2.45) is 18.4 Å². The molecule has 1 unspecified atom stereocenters. The zero-order chi connectivity index (χ0) is 42.3. The Morgan fingerprint density at radius 3 is 2.50 bits per heavy atom. The third kappa shape index (κ3) is 6.87. The van der Waals surface area contributed by atoms with Crippen LogP contribution in [-0.4, -0.2) is 90.2 Å². The van der Waals surface area contributed by atoms with Crippen LogP contribution < -0.4 is 21.2 Å². The molecule has 1 aromatic carbocycles. The quantitative estimate of drug-likeness (QED) is 0.161. The van der Waals surface area contributed by atoms with Gasteiger partial charge in [0.15, 0.2) is 5.82 Å². The molecule has 1 saturated carbocycles. The number of aromatic nitrogens is 6. The lowest BCUT2D eigenvalue weighted by atomic mass is 9.68. The SMILES string of the molecule is Cn1c(=O)n(C2CCC(=O)NC2=O)c2ccc(N3CC4(CCN(CC5CCC(n6cc7cc(NC(=O)c8cccc(C(F)(F)F)n8)ncc7n6)CC5)CC4(F)F)C3)c(F)c21. The van der Waals surface area contributed by atoms with Gasteiger partial charge in [0, 0.05) is 44.7 Å². The van der Waals surface area contributed by atoms with E-state index < -0.39 is 70.7 Å². The molecule has 1 atom stereocenters. The molecule has 2 N–H and O–H groups in total. The van der Waals surface area contributed by atoms with Gasteiger partial charge in [-0.1, -0.05) is 6.07 Å². The summed E-state index contributed by atoms with van der Waals surface area (Å²) in [6, 6.07) is 6.73. The number of halogens is 6. The molecule has 14 nitrogen and oxygen atoms in total. The summed E-state index contributed by atoms with van der Waals surface area (Å²) in [5.41, 5.74) is -2.68. The Labute approximate surface area is 337 Å². The second kappa shape index (κ2) is 14.4. The topological polar surface area (TPSA) is 152 Å². The van der Waals surface area contributed by atoms with Gasteiger partial charge in [-0.2, -0.15) is 18.3 Å². The Morgan fingerprint density at radius 1 is 1.02 bits per heavy atom. The van der Waals surface area contributed by atoms with E-state index in [1.54, 1.807) is 11.0 Å². The molecule has 3 amide bonds. The number of carbonyl (C=O) groups is 3. The minimum absolute atomic E-state index is 0.0371. The predicted molar refractivity (Wildman–Crippen MR) is 205 cm³/mol. The number of pyridine rings is 2. The molecule has 0 radical (unpaired) electrons. The highest BCUT2D eigenvalue weighted by Gasteiger charge is 2.63. The number of hydrogen-bond acceptors (Lipinski definition) is 9. The molecule has 20 heteroatoms. The van der Waals surface area contributed by atoms with Gasteiger partial charge in [-0.05, 0) is 81.3 Å². The monoisotopic (exact) mass is 838 g/mol. The number of amides is 3. The Morgan fingerprint density at radius 2 is 1.78 bits per heavy atom. The highest BCUT2D eigenvalue weighted by Crippen LogP contribution is 2.52. The van der Waals surface area contributed by atoms with Crippen LogP contribution in [0.2, 0.25) is 0 Å². The Hall–Kier alpha value is -5.79. The summed E-state index contributed by atoms with van der Waals surface area (Å²) in [4.78, 5) is 61.1. The maximum Gasteiger partial charge on any atom is 0.433 e. The van der Waals surface area contributed by atoms with Gasteiger partial charge in [0.05, 0.1) is 35.4 Å². The summed E-state index contributed by atoms with van der Waals surface area (Å²) in [5.74, 6) is -5.33. The van der Waals surface area contributed by atoms with Crippen LogP contribution in [0.4, 0.5) is 37.8 Å². The van der Waals surface area contributed by atoms with Crippen LogP contribution in [0.15, 0.2) is 53.6 Å². The second-order valence-electron chi connectivity index (χ2n) is 16.5. The molecular formula is C40H40F6N10O4. The van der Waals surface area contributed by atoms with Crippen molar-refractivity contribution in [1.82, 2.24) is 39.1 Å². The van der Waals surface area contributed by atoms with Crippen molar-refractivity contribution in [2.75, 3.05) is 42.9 Å². The lowest BCUT2D eigenvalue weighted by Gasteiger charge is -2.58. The van der Waals surface area contributed by atoms with Crippen molar-refractivity contribution in [3.05, 3.63) is 76.5 Å². The number of alkyl halides is 5. The van der Waals surface area contributed by atoms with E-state index in [1.807, 2.05) is 15.8 Å². The summed E-state index contributed by atoms with van der Waals surface area (Å²) in [6.45, 7) is 0.524. The van der Waals surface area contributed by atoms with E-state index in [0.29, 0.717) is 24.0 Å². The van der Waals surface area contributed by atoms with Gasteiger partial charge in [-0.15, -0.1) is 0 Å². The van der Waals surface area contributed by atoms with E-state index >= 15 is 13.2 Å². The molecular weight excluding hydrogens is 798 g/mol. The minimum atomic E-state index is -4.69. The molecule has 4 aliphatic rings. The lowest BCUT2D eigenvalue weighted by Crippen LogP contribution is -2.70. The molecule has 5 aromatic rings. The maximum atomic E-state index is 16.1. The van der Waals surface area contributed by atoms with E-state index in [0.717, 1.165) is 42.4 Å². The van der Waals surface area contributed by atoms with E-state index in [1.165, 1.54) is 36.0 Å². The molecule has 3 saturated heterocycles. The van der Waals surface area contributed by atoms with Gasteiger partial charge in [0.1, 0.15) is 34.3 Å². The van der Waals surface area contributed by atoms with Crippen molar-refractivity contribution in [1.29, 1.82) is 0 Å². The van der Waals surface area contributed by atoms with Gasteiger partial charge in [0.2, 0.25) is 11.8 Å². The van der Waals surface area contributed by atoms with Gasteiger partial charge in [-0.25, -0.2) is 27.9 Å². The molecule has 3 aliphatic heterocycles. The predicted octanol–water partition coefficient (Wildman–Crippen LogP) is 5.45. The van der Waals surface area contributed by atoms with Crippen LogP contribution in [0.3, 0.4) is 0 Å². The van der Waals surface area contributed by atoms with Gasteiger partial charge >= 0.3 is 11.9 Å². The van der Waals surface area contributed by atoms with Gasteiger partial charge in [0.25, 0.3) is 11.8 Å². The summed E-state index contributed by atoms with van der Waals surface area (Å²) in [7, 11) is 1.39. The average molecular weight is 839 g/mol. The van der Waals surface area contributed by atoms with E-state index in [9.17, 15) is 32.3 Å². The first-order chi connectivity index (χ1) is 28.5. The highest BCUT2D eigenvalue weighted by molar-refractivity contribution is 6.03. The Kier molecular flexibility index (Phi) is 9.55. The fraction of sp³-hybridized carbons (Fsp3) is 0.475. The molecule has 1 aliphatic carbocycles. The molecule has 316 valence electrons. The highest BCUT2D eigenvalue weighted by atomic mass is 19.4. The fourth-order valence-corrected chi connectivity index (χ4v) is 9.43. The third-order valence-electron chi connectivity index (χ3n) is 12.7. The summed E-state index contributed by atoms with van der Waals surface area (Å²) < 4.78 is 91.5. The number of imidazole rings is 1. The van der Waals surface area contributed by atoms with Crippen LogP contribution in [0, 0.1) is 17.2 Å². The number of nitrogens with one attached hydrogen (secondary N) is 2. The molecule has 0 bridgehead atoms. The molecule has 7 heterocycles. The molecule has 4 aromatic heterocycles.